The lowest BCUT2D eigenvalue weighted by molar-refractivity contribution is -0.143. The first-order valence-corrected chi connectivity index (χ1v) is 6.14. The zero-order chi connectivity index (χ0) is 10.8. The zero-order valence-corrected chi connectivity index (χ0v) is 10.0. The molecule has 0 spiro atoms. The summed E-state index contributed by atoms with van der Waals surface area (Å²) in [7, 11) is 0. The molecule has 0 atom stereocenters. The number of hydrogen-bond acceptors (Lipinski definition) is 3. The van der Waals surface area contributed by atoms with Gasteiger partial charge in [-0.2, -0.15) is 0 Å². The first-order valence-electron chi connectivity index (χ1n) is 4.88. The maximum Gasteiger partial charge on any atom is 0.289 e. The molecule has 1 amide bonds. The van der Waals surface area contributed by atoms with Gasteiger partial charge in [0, 0.05) is 6.54 Å². The summed E-state index contributed by atoms with van der Waals surface area (Å²) in [5.41, 5.74) is 0.946. The van der Waals surface area contributed by atoms with Crippen molar-refractivity contribution >= 4 is 28.8 Å². The van der Waals surface area contributed by atoms with Gasteiger partial charge >= 0.3 is 0 Å². The number of nitrogens with zero attached hydrogens (tertiary/aromatic N) is 1. The highest BCUT2D eigenvalue weighted by atomic mass is 35.5. The SMILES string of the molecule is Cc1csc(C(=O)N2CCCCO2)c1Cl. The van der Waals surface area contributed by atoms with Crippen LogP contribution in [0.4, 0.5) is 0 Å². The van der Waals surface area contributed by atoms with Crippen molar-refractivity contribution in [1.82, 2.24) is 5.06 Å². The van der Waals surface area contributed by atoms with Gasteiger partial charge in [-0.3, -0.25) is 9.63 Å². The predicted octanol–water partition coefficient (Wildman–Crippen LogP) is 2.88. The van der Waals surface area contributed by atoms with E-state index in [1.807, 2.05) is 12.3 Å². The van der Waals surface area contributed by atoms with Crippen LogP contribution in [0, 0.1) is 6.92 Å². The van der Waals surface area contributed by atoms with Crippen LogP contribution in [0.5, 0.6) is 0 Å². The van der Waals surface area contributed by atoms with E-state index in [-0.39, 0.29) is 5.91 Å². The van der Waals surface area contributed by atoms with Crippen molar-refractivity contribution in [2.75, 3.05) is 13.2 Å². The number of hydroxylamine groups is 2. The molecule has 1 saturated heterocycles. The van der Waals surface area contributed by atoms with Gasteiger partial charge in [0.1, 0.15) is 4.88 Å². The third-order valence-electron chi connectivity index (χ3n) is 2.32. The van der Waals surface area contributed by atoms with Crippen molar-refractivity contribution in [3.63, 3.8) is 0 Å². The Morgan fingerprint density at radius 2 is 2.40 bits per heavy atom. The standard InChI is InChI=1S/C10H12ClNO2S/c1-7-6-15-9(8(7)11)10(13)12-4-2-3-5-14-12/h6H,2-5H2,1H3. The molecule has 5 heteroatoms. The van der Waals surface area contributed by atoms with Crippen molar-refractivity contribution in [2.45, 2.75) is 19.8 Å². The number of thiophene rings is 1. The van der Waals surface area contributed by atoms with E-state index in [2.05, 4.69) is 0 Å². The molecular formula is C10H12ClNO2S. The normalized spacial score (nSPS) is 16.8. The second-order valence-electron chi connectivity index (χ2n) is 3.51. The van der Waals surface area contributed by atoms with Crippen LogP contribution < -0.4 is 0 Å². The molecule has 1 aromatic rings. The maximum atomic E-state index is 12.0. The molecule has 0 saturated carbocycles. The van der Waals surface area contributed by atoms with Crippen molar-refractivity contribution in [2.24, 2.45) is 0 Å². The van der Waals surface area contributed by atoms with Crippen molar-refractivity contribution in [3.8, 4) is 0 Å². The Hall–Kier alpha value is -0.580. The van der Waals surface area contributed by atoms with Gasteiger partial charge in [0.2, 0.25) is 0 Å². The van der Waals surface area contributed by atoms with E-state index in [1.54, 1.807) is 0 Å². The molecule has 82 valence electrons. The van der Waals surface area contributed by atoms with Crippen LogP contribution in [0.25, 0.3) is 0 Å². The third-order valence-corrected chi connectivity index (χ3v) is 4.01. The highest BCUT2D eigenvalue weighted by molar-refractivity contribution is 7.13. The first-order chi connectivity index (χ1) is 7.20. The summed E-state index contributed by atoms with van der Waals surface area (Å²) in [6.45, 7) is 3.17. The lowest BCUT2D eigenvalue weighted by Crippen LogP contribution is -2.35. The molecule has 1 aromatic heterocycles. The largest absolute Gasteiger partial charge is 0.289 e. The third kappa shape index (κ3) is 2.17. The van der Waals surface area contributed by atoms with Crippen LogP contribution in [0.15, 0.2) is 5.38 Å². The number of halogens is 1. The quantitative estimate of drug-likeness (QED) is 0.762. The summed E-state index contributed by atoms with van der Waals surface area (Å²) in [5, 5.41) is 3.86. The molecule has 1 aliphatic rings. The number of hydrogen-bond donors (Lipinski definition) is 0. The summed E-state index contributed by atoms with van der Waals surface area (Å²) in [6, 6.07) is 0. The van der Waals surface area contributed by atoms with Crippen LogP contribution in [0.1, 0.15) is 28.1 Å². The Kier molecular flexibility index (Phi) is 3.29. The highest BCUT2D eigenvalue weighted by Crippen LogP contribution is 2.28. The molecule has 0 N–H and O–H groups in total. The first kappa shape index (κ1) is 10.9. The Morgan fingerprint density at radius 3 is 2.93 bits per heavy atom. The van der Waals surface area contributed by atoms with E-state index in [9.17, 15) is 4.79 Å². The predicted molar refractivity (Wildman–Crippen MR) is 60.3 cm³/mol. The molecule has 0 bridgehead atoms. The van der Waals surface area contributed by atoms with Crippen LogP contribution >= 0.6 is 22.9 Å². The summed E-state index contributed by atoms with van der Waals surface area (Å²) in [6.07, 6.45) is 2.01. The highest BCUT2D eigenvalue weighted by Gasteiger charge is 2.23. The summed E-state index contributed by atoms with van der Waals surface area (Å²) in [4.78, 5) is 17.8. The Morgan fingerprint density at radius 1 is 1.60 bits per heavy atom. The Balaban J connectivity index is 2.16. The van der Waals surface area contributed by atoms with Gasteiger partial charge in [-0.05, 0) is 30.7 Å². The number of rotatable bonds is 1. The Bertz CT molecular complexity index is 371. The molecule has 0 aliphatic carbocycles. The summed E-state index contributed by atoms with van der Waals surface area (Å²) in [5.74, 6) is -0.113. The minimum atomic E-state index is -0.113. The number of amides is 1. The fourth-order valence-corrected chi connectivity index (χ4v) is 2.66. The average Bonchev–Trinajstić information content (AvgIpc) is 2.60. The molecule has 2 rings (SSSR count). The van der Waals surface area contributed by atoms with E-state index in [0.29, 0.717) is 23.1 Å². The van der Waals surface area contributed by atoms with E-state index in [1.165, 1.54) is 16.4 Å². The fraction of sp³-hybridized carbons (Fsp3) is 0.500. The monoisotopic (exact) mass is 245 g/mol. The minimum Gasteiger partial charge on any atom is -0.271 e. The van der Waals surface area contributed by atoms with Crippen LogP contribution in [0.3, 0.4) is 0 Å². The van der Waals surface area contributed by atoms with E-state index in [4.69, 9.17) is 16.4 Å². The van der Waals surface area contributed by atoms with Crippen molar-refractivity contribution < 1.29 is 9.63 Å². The molecule has 1 aliphatic heterocycles. The molecule has 15 heavy (non-hydrogen) atoms. The topological polar surface area (TPSA) is 29.5 Å². The van der Waals surface area contributed by atoms with Gasteiger partial charge in [0.05, 0.1) is 11.6 Å². The summed E-state index contributed by atoms with van der Waals surface area (Å²) < 4.78 is 0. The van der Waals surface area contributed by atoms with Gasteiger partial charge in [0.15, 0.2) is 0 Å². The molecule has 1 fully saturated rings. The second-order valence-corrected chi connectivity index (χ2v) is 4.77. The van der Waals surface area contributed by atoms with Gasteiger partial charge in [0.25, 0.3) is 5.91 Å². The van der Waals surface area contributed by atoms with E-state index < -0.39 is 0 Å². The zero-order valence-electron chi connectivity index (χ0n) is 8.46. The number of carbonyl (C=O) groups is 1. The fourth-order valence-electron chi connectivity index (χ4n) is 1.44. The van der Waals surface area contributed by atoms with E-state index in [0.717, 1.165) is 18.4 Å². The van der Waals surface area contributed by atoms with E-state index >= 15 is 0 Å². The second kappa shape index (κ2) is 4.51. The van der Waals surface area contributed by atoms with Crippen LogP contribution in [0.2, 0.25) is 5.02 Å². The molecular weight excluding hydrogens is 234 g/mol. The minimum absolute atomic E-state index is 0.113. The van der Waals surface area contributed by atoms with Crippen molar-refractivity contribution in [1.29, 1.82) is 0 Å². The average molecular weight is 246 g/mol. The molecule has 0 unspecified atom stereocenters. The molecule has 0 aromatic carbocycles. The molecule has 3 nitrogen and oxygen atoms in total. The maximum absolute atomic E-state index is 12.0. The number of aryl methyl sites for hydroxylation is 1. The number of carbonyl (C=O) groups excluding carboxylic acids is 1. The van der Waals surface area contributed by atoms with Crippen LogP contribution in [-0.2, 0) is 4.84 Å². The van der Waals surface area contributed by atoms with Gasteiger partial charge in [-0.15, -0.1) is 11.3 Å². The smallest absolute Gasteiger partial charge is 0.271 e. The lowest BCUT2D eigenvalue weighted by Gasteiger charge is -2.25. The van der Waals surface area contributed by atoms with Crippen LogP contribution in [-0.4, -0.2) is 24.1 Å². The van der Waals surface area contributed by atoms with Crippen molar-refractivity contribution in [3.05, 3.63) is 20.8 Å². The Labute approximate surface area is 97.5 Å². The summed E-state index contributed by atoms with van der Waals surface area (Å²) >= 11 is 7.40. The van der Waals surface area contributed by atoms with Gasteiger partial charge < -0.3 is 0 Å². The molecule has 0 radical (unpaired) electrons. The van der Waals surface area contributed by atoms with Gasteiger partial charge in [-0.1, -0.05) is 11.6 Å². The van der Waals surface area contributed by atoms with Gasteiger partial charge in [-0.25, -0.2) is 5.06 Å². The lowest BCUT2D eigenvalue weighted by atomic mass is 10.3. The molecule has 2 heterocycles.